The van der Waals surface area contributed by atoms with Crippen molar-refractivity contribution in [1.82, 2.24) is 5.32 Å². The normalized spacial score (nSPS) is 11.6. The molecule has 0 heterocycles. The Labute approximate surface area is 163 Å². The van der Waals surface area contributed by atoms with Gasteiger partial charge in [0, 0.05) is 17.0 Å². The van der Waals surface area contributed by atoms with Gasteiger partial charge in [0.1, 0.15) is 6.04 Å². The monoisotopic (exact) mass is 378 g/mol. The maximum absolute atomic E-state index is 12.5. The smallest absolute Gasteiger partial charge is 0.251 e. The summed E-state index contributed by atoms with van der Waals surface area (Å²) in [6.45, 7) is 0. The number of hydrogen-bond donors (Lipinski definition) is 2. The van der Waals surface area contributed by atoms with Gasteiger partial charge in [-0.05, 0) is 41.0 Å². The van der Waals surface area contributed by atoms with Crippen LogP contribution >= 0.6 is 11.6 Å². The topological polar surface area (TPSA) is 72.2 Å². The van der Waals surface area contributed by atoms with E-state index < -0.39 is 11.9 Å². The fourth-order valence-corrected chi connectivity index (χ4v) is 3.02. The second-order valence-corrected chi connectivity index (χ2v) is 6.64. The van der Waals surface area contributed by atoms with Crippen LogP contribution in [0.5, 0.6) is 0 Å². The highest BCUT2D eigenvalue weighted by molar-refractivity contribution is 6.30. The number of halogens is 1. The number of nitrogens with one attached hydrogen (secondary N) is 1. The number of rotatable bonds is 6. The summed E-state index contributed by atoms with van der Waals surface area (Å²) >= 11 is 5.97. The summed E-state index contributed by atoms with van der Waals surface area (Å²) in [5.74, 6) is -0.940. The van der Waals surface area contributed by atoms with Crippen molar-refractivity contribution in [1.29, 1.82) is 0 Å². The van der Waals surface area contributed by atoms with Gasteiger partial charge in [0.15, 0.2) is 0 Å². The second-order valence-electron chi connectivity index (χ2n) is 6.21. The Kier molecular flexibility index (Phi) is 5.89. The minimum Gasteiger partial charge on any atom is -0.368 e. The second kappa shape index (κ2) is 8.52. The zero-order chi connectivity index (χ0) is 19.2. The van der Waals surface area contributed by atoms with Gasteiger partial charge >= 0.3 is 0 Å². The summed E-state index contributed by atoms with van der Waals surface area (Å²) in [6.07, 6.45) is 0.281. The van der Waals surface area contributed by atoms with E-state index in [4.69, 9.17) is 17.3 Å². The first-order valence-electron chi connectivity index (χ1n) is 8.53. The van der Waals surface area contributed by atoms with E-state index in [0.29, 0.717) is 10.6 Å². The van der Waals surface area contributed by atoms with Crippen LogP contribution in [-0.2, 0) is 11.2 Å². The van der Waals surface area contributed by atoms with Gasteiger partial charge in [0.2, 0.25) is 5.91 Å². The molecule has 4 nitrogen and oxygen atoms in total. The van der Waals surface area contributed by atoms with Crippen molar-refractivity contribution in [2.45, 2.75) is 12.5 Å². The lowest BCUT2D eigenvalue weighted by atomic mass is 10.0. The number of primary amides is 1. The predicted octanol–water partition coefficient (Wildman–Crippen LogP) is 3.83. The molecule has 0 aliphatic carbocycles. The highest BCUT2D eigenvalue weighted by Crippen LogP contribution is 2.19. The van der Waals surface area contributed by atoms with E-state index in [1.807, 2.05) is 48.5 Å². The average Bonchev–Trinajstić information content (AvgIpc) is 2.68. The van der Waals surface area contributed by atoms with Crippen molar-refractivity contribution < 1.29 is 9.59 Å². The van der Waals surface area contributed by atoms with Crippen molar-refractivity contribution in [3.05, 3.63) is 95.0 Å². The zero-order valence-electron chi connectivity index (χ0n) is 14.6. The van der Waals surface area contributed by atoms with Gasteiger partial charge in [-0.15, -0.1) is 0 Å². The highest BCUT2D eigenvalue weighted by Gasteiger charge is 2.19. The molecule has 0 radical (unpaired) electrons. The molecule has 0 aliphatic heterocycles. The highest BCUT2D eigenvalue weighted by atomic mass is 35.5. The molecule has 0 saturated carbocycles. The third-order valence-electron chi connectivity index (χ3n) is 4.23. The first kappa shape index (κ1) is 18.7. The van der Waals surface area contributed by atoms with E-state index in [0.717, 1.165) is 16.7 Å². The van der Waals surface area contributed by atoms with Crippen LogP contribution < -0.4 is 11.1 Å². The minimum absolute atomic E-state index is 0.281. The van der Waals surface area contributed by atoms with Crippen LogP contribution in [0.25, 0.3) is 11.1 Å². The van der Waals surface area contributed by atoms with Crippen molar-refractivity contribution in [2.75, 3.05) is 0 Å². The van der Waals surface area contributed by atoms with Crippen LogP contribution in [0.3, 0.4) is 0 Å². The fourth-order valence-electron chi connectivity index (χ4n) is 2.81. The first-order valence-corrected chi connectivity index (χ1v) is 8.91. The number of benzene rings is 3. The molecule has 5 heteroatoms. The molecule has 0 spiro atoms. The molecular weight excluding hydrogens is 360 g/mol. The Morgan fingerprint density at radius 3 is 2.19 bits per heavy atom. The molecule has 0 fully saturated rings. The van der Waals surface area contributed by atoms with E-state index in [9.17, 15) is 9.59 Å². The molecule has 0 saturated heterocycles. The lowest BCUT2D eigenvalue weighted by Gasteiger charge is -2.16. The van der Waals surface area contributed by atoms with Crippen molar-refractivity contribution >= 4 is 23.4 Å². The molecule has 0 aromatic heterocycles. The molecule has 27 heavy (non-hydrogen) atoms. The summed E-state index contributed by atoms with van der Waals surface area (Å²) < 4.78 is 0. The molecule has 3 aromatic rings. The fraction of sp³-hybridized carbons (Fsp3) is 0.0909. The number of carbonyl (C=O) groups excluding carboxylic acids is 2. The maximum Gasteiger partial charge on any atom is 0.251 e. The van der Waals surface area contributed by atoms with Crippen LogP contribution in [0.4, 0.5) is 0 Å². The standard InChI is InChI=1S/C22H19ClN2O2/c23-19-8-4-5-15(13-19)14-20(21(24)26)25-22(27)18-11-9-17(10-12-18)16-6-2-1-3-7-16/h1-13,20H,14H2,(H2,24,26)(H,25,27)/t20-/m0/s1. The van der Waals surface area contributed by atoms with Crippen molar-refractivity contribution in [2.24, 2.45) is 5.73 Å². The van der Waals surface area contributed by atoms with E-state index in [1.165, 1.54) is 0 Å². The van der Waals surface area contributed by atoms with Crippen molar-refractivity contribution in [3.8, 4) is 11.1 Å². The number of amides is 2. The largest absolute Gasteiger partial charge is 0.368 e. The van der Waals surface area contributed by atoms with Gasteiger partial charge in [-0.3, -0.25) is 9.59 Å². The lowest BCUT2D eigenvalue weighted by Crippen LogP contribution is -2.45. The molecule has 2 amide bonds. The molecule has 1 atom stereocenters. The molecule has 3 aromatic carbocycles. The molecular formula is C22H19ClN2O2. The van der Waals surface area contributed by atoms with E-state index in [-0.39, 0.29) is 12.3 Å². The predicted molar refractivity (Wildman–Crippen MR) is 107 cm³/mol. The Morgan fingerprint density at radius 2 is 1.56 bits per heavy atom. The Balaban J connectivity index is 1.71. The van der Waals surface area contributed by atoms with Gasteiger partial charge in [-0.1, -0.05) is 66.2 Å². The molecule has 0 bridgehead atoms. The van der Waals surface area contributed by atoms with Crippen molar-refractivity contribution in [3.63, 3.8) is 0 Å². The molecule has 0 aliphatic rings. The lowest BCUT2D eigenvalue weighted by molar-refractivity contribution is -0.119. The third-order valence-corrected chi connectivity index (χ3v) is 4.47. The molecule has 0 unspecified atom stereocenters. The van der Waals surface area contributed by atoms with Crippen LogP contribution in [0.1, 0.15) is 15.9 Å². The molecule has 3 rings (SSSR count). The first-order chi connectivity index (χ1) is 13.0. The van der Waals surface area contributed by atoms with Crippen LogP contribution in [0.15, 0.2) is 78.9 Å². The van der Waals surface area contributed by atoms with Gasteiger partial charge in [0.25, 0.3) is 5.91 Å². The van der Waals surface area contributed by atoms with Crippen LogP contribution in [0.2, 0.25) is 5.02 Å². The molecule has 136 valence electrons. The SMILES string of the molecule is NC(=O)[C@H](Cc1cccc(Cl)c1)NC(=O)c1ccc(-c2ccccc2)cc1. The average molecular weight is 379 g/mol. The maximum atomic E-state index is 12.5. The van der Waals surface area contributed by atoms with Crippen LogP contribution in [-0.4, -0.2) is 17.9 Å². The van der Waals surface area contributed by atoms with Gasteiger partial charge < -0.3 is 11.1 Å². The quantitative estimate of drug-likeness (QED) is 0.684. The van der Waals surface area contributed by atoms with Gasteiger partial charge in [-0.2, -0.15) is 0 Å². The zero-order valence-corrected chi connectivity index (χ0v) is 15.3. The summed E-state index contributed by atoms with van der Waals surface area (Å²) in [4.78, 5) is 24.3. The number of hydrogen-bond acceptors (Lipinski definition) is 2. The molecule has 3 N–H and O–H groups in total. The number of nitrogens with two attached hydrogens (primary N) is 1. The van der Waals surface area contributed by atoms with E-state index in [2.05, 4.69) is 5.32 Å². The summed E-state index contributed by atoms with van der Waals surface area (Å²) in [6, 6.07) is 23.4. The Hall–Kier alpha value is -3.11. The summed E-state index contributed by atoms with van der Waals surface area (Å²) in [5, 5.41) is 3.27. The summed E-state index contributed by atoms with van der Waals surface area (Å²) in [7, 11) is 0. The Bertz CT molecular complexity index is 940. The van der Waals surface area contributed by atoms with Gasteiger partial charge in [-0.25, -0.2) is 0 Å². The van der Waals surface area contributed by atoms with Gasteiger partial charge in [0.05, 0.1) is 0 Å². The Morgan fingerprint density at radius 1 is 0.889 bits per heavy atom. The third kappa shape index (κ3) is 4.96. The minimum atomic E-state index is -0.815. The van der Waals surface area contributed by atoms with E-state index >= 15 is 0 Å². The number of carbonyl (C=O) groups is 2. The van der Waals surface area contributed by atoms with E-state index in [1.54, 1.807) is 30.3 Å². The van der Waals surface area contributed by atoms with Crippen LogP contribution in [0, 0.1) is 0 Å². The summed E-state index contributed by atoms with van der Waals surface area (Å²) in [5.41, 5.74) is 8.83.